The van der Waals surface area contributed by atoms with Crippen LogP contribution in [0, 0.1) is 13.8 Å². The van der Waals surface area contributed by atoms with Gasteiger partial charge in [-0.1, -0.05) is 41.6 Å². The zero-order valence-corrected chi connectivity index (χ0v) is 16.6. The lowest BCUT2D eigenvalue weighted by atomic mass is 9.97. The number of fused-ring (bicyclic) bond motifs is 1. The van der Waals surface area contributed by atoms with Crippen molar-refractivity contribution >= 4 is 5.91 Å². The molecule has 0 unspecified atom stereocenters. The van der Waals surface area contributed by atoms with Crippen molar-refractivity contribution in [2.45, 2.75) is 32.7 Å². The Morgan fingerprint density at radius 2 is 1.83 bits per heavy atom. The van der Waals surface area contributed by atoms with Crippen molar-refractivity contribution in [2.24, 2.45) is 0 Å². The molecule has 3 aromatic rings. The van der Waals surface area contributed by atoms with Gasteiger partial charge in [-0.2, -0.15) is 0 Å². The van der Waals surface area contributed by atoms with E-state index in [1.54, 1.807) is 0 Å². The van der Waals surface area contributed by atoms with Crippen LogP contribution in [0.4, 0.5) is 0 Å². The van der Waals surface area contributed by atoms with Gasteiger partial charge in [0.15, 0.2) is 11.5 Å². The predicted molar refractivity (Wildman–Crippen MR) is 108 cm³/mol. The molecule has 2 heterocycles. The number of hydrogen-bond donors (Lipinski definition) is 1. The molecule has 6 nitrogen and oxygen atoms in total. The molecule has 0 aliphatic carbocycles. The average Bonchev–Trinajstić information content (AvgIpc) is 3.05. The molecule has 1 aromatic heterocycles. The van der Waals surface area contributed by atoms with Gasteiger partial charge in [0.2, 0.25) is 5.91 Å². The second kappa shape index (κ2) is 8.39. The predicted octanol–water partition coefficient (Wildman–Crippen LogP) is 3.71. The minimum absolute atomic E-state index is 0.0739. The van der Waals surface area contributed by atoms with E-state index >= 15 is 0 Å². The van der Waals surface area contributed by atoms with Gasteiger partial charge in [-0.25, -0.2) is 0 Å². The molecule has 1 atom stereocenters. The van der Waals surface area contributed by atoms with E-state index in [1.807, 2.05) is 50.2 Å². The maximum absolute atomic E-state index is 12.8. The first-order valence-electron chi connectivity index (χ1n) is 9.75. The number of rotatable bonds is 6. The summed E-state index contributed by atoms with van der Waals surface area (Å²) in [5, 5.41) is 7.11. The number of aryl methyl sites for hydroxylation is 2. The van der Waals surface area contributed by atoms with Crippen molar-refractivity contribution in [3.8, 4) is 11.5 Å². The van der Waals surface area contributed by atoms with Crippen LogP contribution in [-0.2, 0) is 17.6 Å². The van der Waals surface area contributed by atoms with Crippen LogP contribution in [0.25, 0.3) is 0 Å². The first-order chi connectivity index (χ1) is 14.1. The molecule has 0 fully saturated rings. The minimum Gasteiger partial charge on any atom is -0.486 e. The van der Waals surface area contributed by atoms with E-state index in [2.05, 4.69) is 22.6 Å². The van der Waals surface area contributed by atoms with Crippen molar-refractivity contribution in [3.05, 3.63) is 76.7 Å². The summed E-state index contributed by atoms with van der Waals surface area (Å²) in [6, 6.07) is 15.8. The van der Waals surface area contributed by atoms with E-state index in [-0.39, 0.29) is 18.4 Å². The van der Waals surface area contributed by atoms with Crippen molar-refractivity contribution in [1.29, 1.82) is 0 Å². The molecule has 0 spiro atoms. The highest BCUT2D eigenvalue weighted by molar-refractivity contribution is 5.79. The Balaban J connectivity index is 1.57. The molecule has 1 amide bonds. The van der Waals surface area contributed by atoms with Crippen molar-refractivity contribution in [1.82, 2.24) is 10.5 Å². The summed E-state index contributed by atoms with van der Waals surface area (Å²) >= 11 is 0. The van der Waals surface area contributed by atoms with Crippen LogP contribution >= 0.6 is 0 Å². The molecule has 0 saturated heterocycles. The standard InChI is InChI=1S/C23H24N2O4/c1-15-19(16(2)29-25-15)14-23(26)24-20(12-17-6-4-3-5-7-17)18-8-9-21-22(13-18)28-11-10-27-21/h3-9,13,20H,10-12,14H2,1-2H3,(H,24,26)/t20-/m1/s1. The number of ether oxygens (including phenoxy) is 2. The number of hydrogen-bond acceptors (Lipinski definition) is 5. The van der Waals surface area contributed by atoms with Gasteiger partial charge in [-0.3, -0.25) is 4.79 Å². The summed E-state index contributed by atoms with van der Waals surface area (Å²) in [7, 11) is 0. The number of amides is 1. The molecule has 4 rings (SSSR count). The van der Waals surface area contributed by atoms with Crippen LogP contribution in [0.15, 0.2) is 53.1 Å². The van der Waals surface area contributed by atoms with Gasteiger partial charge in [0.25, 0.3) is 0 Å². The molecule has 0 bridgehead atoms. The highest BCUT2D eigenvalue weighted by atomic mass is 16.6. The third kappa shape index (κ3) is 4.42. The lowest BCUT2D eigenvalue weighted by Crippen LogP contribution is -2.31. The SMILES string of the molecule is Cc1noc(C)c1CC(=O)N[C@H](Cc1ccccc1)c1ccc2c(c1)OCCO2. The fourth-order valence-electron chi connectivity index (χ4n) is 3.54. The fourth-order valence-corrected chi connectivity index (χ4v) is 3.54. The molecule has 29 heavy (non-hydrogen) atoms. The fraction of sp³-hybridized carbons (Fsp3) is 0.304. The van der Waals surface area contributed by atoms with Crippen molar-refractivity contribution < 1.29 is 18.8 Å². The Morgan fingerprint density at radius 1 is 1.07 bits per heavy atom. The van der Waals surface area contributed by atoms with E-state index in [0.717, 1.165) is 28.1 Å². The zero-order chi connectivity index (χ0) is 20.2. The smallest absolute Gasteiger partial charge is 0.225 e. The number of nitrogens with one attached hydrogen (secondary N) is 1. The second-order valence-corrected chi connectivity index (χ2v) is 7.19. The monoisotopic (exact) mass is 392 g/mol. The summed E-state index contributed by atoms with van der Waals surface area (Å²) in [6.45, 7) is 4.75. The molecule has 1 aliphatic rings. The lowest BCUT2D eigenvalue weighted by Gasteiger charge is -2.23. The van der Waals surface area contributed by atoms with Gasteiger partial charge in [0.1, 0.15) is 19.0 Å². The minimum atomic E-state index is -0.193. The summed E-state index contributed by atoms with van der Waals surface area (Å²) in [5.74, 6) is 2.05. The molecule has 0 radical (unpaired) electrons. The molecule has 150 valence electrons. The normalized spacial score (nSPS) is 13.7. The van der Waals surface area contributed by atoms with Gasteiger partial charge in [0.05, 0.1) is 18.2 Å². The number of carbonyl (C=O) groups is 1. The third-order valence-corrected chi connectivity index (χ3v) is 5.11. The molecule has 2 aromatic carbocycles. The number of nitrogens with zero attached hydrogens (tertiary/aromatic N) is 1. The van der Waals surface area contributed by atoms with Crippen molar-refractivity contribution in [3.63, 3.8) is 0 Å². The maximum atomic E-state index is 12.8. The molecular weight excluding hydrogens is 368 g/mol. The topological polar surface area (TPSA) is 73.6 Å². The Morgan fingerprint density at radius 3 is 2.55 bits per heavy atom. The molecule has 1 aliphatic heterocycles. The summed E-state index contributed by atoms with van der Waals surface area (Å²) in [6.07, 6.45) is 0.908. The van der Waals surface area contributed by atoms with E-state index in [0.29, 0.717) is 31.1 Å². The Hall–Kier alpha value is -3.28. The van der Waals surface area contributed by atoms with Gasteiger partial charge in [-0.05, 0) is 43.5 Å². The summed E-state index contributed by atoms with van der Waals surface area (Å²) in [5.41, 5.74) is 3.70. The highest BCUT2D eigenvalue weighted by Gasteiger charge is 2.21. The molecule has 0 saturated carbocycles. The Bertz CT molecular complexity index is 978. The third-order valence-electron chi connectivity index (χ3n) is 5.11. The van der Waals surface area contributed by atoms with Crippen LogP contribution in [0.1, 0.15) is 34.2 Å². The molecular formula is C23H24N2O4. The number of benzene rings is 2. The van der Waals surface area contributed by atoms with E-state index in [1.165, 1.54) is 0 Å². The second-order valence-electron chi connectivity index (χ2n) is 7.19. The van der Waals surface area contributed by atoms with Crippen molar-refractivity contribution in [2.75, 3.05) is 13.2 Å². The highest BCUT2D eigenvalue weighted by Crippen LogP contribution is 2.33. The summed E-state index contributed by atoms with van der Waals surface area (Å²) in [4.78, 5) is 12.8. The quantitative estimate of drug-likeness (QED) is 0.692. The van der Waals surface area contributed by atoms with Gasteiger partial charge < -0.3 is 19.3 Å². The first-order valence-corrected chi connectivity index (χ1v) is 9.75. The van der Waals surface area contributed by atoms with Crippen LogP contribution in [0.5, 0.6) is 11.5 Å². The Labute approximate surface area is 169 Å². The number of carbonyl (C=O) groups excluding carboxylic acids is 1. The van der Waals surface area contributed by atoms with Crippen LogP contribution in [0.3, 0.4) is 0 Å². The van der Waals surface area contributed by atoms with E-state index in [9.17, 15) is 4.79 Å². The average molecular weight is 392 g/mol. The van der Waals surface area contributed by atoms with Crippen LogP contribution in [0.2, 0.25) is 0 Å². The van der Waals surface area contributed by atoms with E-state index in [4.69, 9.17) is 14.0 Å². The number of aromatic nitrogens is 1. The zero-order valence-electron chi connectivity index (χ0n) is 16.6. The lowest BCUT2D eigenvalue weighted by molar-refractivity contribution is -0.121. The maximum Gasteiger partial charge on any atom is 0.225 e. The van der Waals surface area contributed by atoms with E-state index < -0.39 is 0 Å². The van der Waals surface area contributed by atoms with Gasteiger partial charge >= 0.3 is 0 Å². The van der Waals surface area contributed by atoms with Crippen LogP contribution < -0.4 is 14.8 Å². The van der Waals surface area contributed by atoms with Crippen LogP contribution in [-0.4, -0.2) is 24.3 Å². The first kappa shape index (κ1) is 19.1. The summed E-state index contributed by atoms with van der Waals surface area (Å²) < 4.78 is 16.5. The Kier molecular flexibility index (Phi) is 5.51. The largest absolute Gasteiger partial charge is 0.486 e. The molecule has 6 heteroatoms. The van der Waals surface area contributed by atoms with Gasteiger partial charge in [-0.15, -0.1) is 0 Å². The molecule has 1 N–H and O–H groups in total. The van der Waals surface area contributed by atoms with Gasteiger partial charge in [0, 0.05) is 5.56 Å².